The number of aryl methyl sites for hydroxylation is 1. The van der Waals surface area contributed by atoms with E-state index >= 15 is 0 Å². The Morgan fingerprint density at radius 2 is 1.62 bits per heavy atom. The van der Waals surface area contributed by atoms with Gasteiger partial charge in [-0.05, 0) is 94.4 Å². The molecule has 2 bridgehead atoms. The lowest BCUT2D eigenvalue weighted by Crippen LogP contribution is -2.50. The number of benzene rings is 2. The number of aromatic nitrogens is 2. The third-order valence-corrected chi connectivity index (χ3v) is 10.6. The van der Waals surface area contributed by atoms with Gasteiger partial charge in [-0.2, -0.15) is 5.26 Å². The summed E-state index contributed by atoms with van der Waals surface area (Å²) in [6, 6.07) is 23.7. The number of likely N-dealkylation sites (tertiary alicyclic amines) is 1. The van der Waals surface area contributed by atoms with E-state index in [9.17, 15) is 10.1 Å². The molecule has 1 aromatic heterocycles. The van der Waals surface area contributed by atoms with Crippen molar-refractivity contribution in [1.82, 2.24) is 19.4 Å². The number of rotatable bonds is 6. The summed E-state index contributed by atoms with van der Waals surface area (Å²) in [5.41, 5.74) is 3.19. The lowest BCUT2D eigenvalue weighted by molar-refractivity contribution is -0.136. The molecular weight excluding hydrogens is 482 g/mol. The molecule has 2 unspecified atom stereocenters. The predicted molar refractivity (Wildman–Crippen MR) is 152 cm³/mol. The molecule has 1 saturated carbocycles. The smallest absolute Gasteiger partial charge is 0.243 e. The minimum atomic E-state index is -0.713. The first-order chi connectivity index (χ1) is 19.0. The molecule has 7 rings (SSSR count). The Labute approximate surface area is 231 Å². The first-order valence-electron chi connectivity index (χ1n) is 15.0. The van der Waals surface area contributed by atoms with Crippen molar-refractivity contribution in [3.8, 4) is 6.07 Å². The van der Waals surface area contributed by atoms with Crippen LogP contribution in [-0.4, -0.2) is 57.0 Å². The highest BCUT2D eigenvalue weighted by Gasteiger charge is 2.53. The summed E-state index contributed by atoms with van der Waals surface area (Å²) in [4.78, 5) is 22.8. The second-order valence-corrected chi connectivity index (χ2v) is 12.6. The number of carbonyl (C=O) groups excluding carboxylic acids is 1. The molecule has 202 valence electrons. The number of nitriles is 1. The van der Waals surface area contributed by atoms with Gasteiger partial charge in [-0.25, -0.2) is 4.98 Å². The highest BCUT2D eigenvalue weighted by atomic mass is 16.2. The van der Waals surface area contributed by atoms with Crippen LogP contribution < -0.4 is 0 Å². The van der Waals surface area contributed by atoms with Crippen LogP contribution in [0.25, 0.3) is 11.0 Å². The molecule has 3 aliphatic heterocycles. The third kappa shape index (κ3) is 4.17. The molecule has 3 aromatic rings. The molecule has 0 spiro atoms. The van der Waals surface area contributed by atoms with Crippen molar-refractivity contribution in [3.05, 3.63) is 66.0 Å². The number of imidazole rings is 1. The largest absolute Gasteiger partial charge is 0.341 e. The van der Waals surface area contributed by atoms with Crippen molar-refractivity contribution in [2.45, 2.75) is 88.3 Å². The third-order valence-electron chi connectivity index (χ3n) is 10.6. The number of nitrogens with zero attached hydrogens (tertiary/aromatic N) is 5. The molecule has 4 fully saturated rings. The molecule has 3 saturated heterocycles. The van der Waals surface area contributed by atoms with Crippen LogP contribution in [-0.2, 0) is 10.2 Å². The first kappa shape index (κ1) is 24.8. The van der Waals surface area contributed by atoms with Gasteiger partial charge < -0.3 is 9.47 Å². The van der Waals surface area contributed by atoms with Crippen molar-refractivity contribution in [2.24, 2.45) is 5.41 Å². The molecular formula is C33H39N5O. The summed E-state index contributed by atoms with van der Waals surface area (Å²) < 4.78 is 2.52. The summed E-state index contributed by atoms with van der Waals surface area (Å²) >= 11 is 0. The molecule has 6 nitrogen and oxygen atoms in total. The summed E-state index contributed by atoms with van der Waals surface area (Å²) in [6.07, 6.45) is 9.56. The van der Waals surface area contributed by atoms with Gasteiger partial charge in [0.25, 0.3) is 0 Å². The van der Waals surface area contributed by atoms with Gasteiger partial charge in [-0.1, -0.05) is 42.5 Å². The van der Waals surface area contributed by atoms with Gasteiger partial charge in [-0.3, -0.25) is 9.69 Å². The van der Waals surface area contributed by atoms with Crippen LogP contribution in [0.1, 0.15) is 75.2 Å². The second kappa shape index (κ2) is 9.48. The Morgan fingerprint density at radius 1 is 0.949 bits per heavy atom. The molecule has 0 radical (unpaired) electrons. The van der Waals surface area contributed by atoms with E-state index < -0.39 is 5.41 Å². The Bertz CT molecular complexity index is 1390. The fourth-order valence-electron chi connectivity index (χ4n) is 8.20. The van der Waals surface area contributed by atoms with Gasteiger partial charge in [0.1, 0.15) is 11.2 Å². The Hall–Kier alpha value is -3.17. The van der Waals surface area contributed by atoms with Gasteiger partial charge in [0.05, 0.1) is 17.1 Å². The van der Waals surface area contributed by atoms with Crippen LogP contribution in [0, 0.1) is 23.7 Å². The van der Waals surface area contributed by atoms with Crippen molar-refractivity contribution in [3.63, 3.8) is 0 Å². The summed E-state index contributed by atoms with van der Waals surface area (Å²) in [7, 11) is 0. The normalized spacial score (nSPS) is 27.4. The van der Waals surface area contributed by atoms with Gasteiger partial charge in [-0.15, -0.1) is 0 Å². The fourth-order valence-corrected chi connectivity index (χ4v) is 8.20. The molecule has 39 heavy (non-hydrogen) atoms. The van der Waals surface area contributed by atoms with E-state index in [0.29, 0.717) is 18.1 Å². The molecule has 4 aliphatic rings. The maximum absolute atomic E-state index is 13.1. The van der Waals surface area contributed by atoms with Crippen molar-refractivity contribution >= 4 is 16.9 Å². The van der Waals surface area contributed by atoms with Crippen LogP contribution in [0.15, 0.2) is 54.6 Å². The first-order valence-corrected chi connectivity index (χ1v) is 15.0. The van der Waals surface area contributed by atoms with E-state index in [0.717, 1.165) is 63.1 Å². The molecule has 6 heteroatoms. The number of hydrogen-bond donors (Lipinski definition) is 0. The molecule has 2 atom stereocenters. The van der Waals surface area contributed by atoms with Crippen LogP contribution in [0.4, 0.5) is 0 Å². The van der Waals surface area contributed by atoms with E-state index in [1.54, 1.807) is 0 Å². The van der Waals surface area contributed by atoms with Crippen molar-refractivity contribution in [1.29, 1.82) is 5.26 Å². The van der Waals surface area contributed by atoms with E-state index in [1.165, 1.54) is 36.8 Å². The van der Waals surface area contributed by atoms with Crippen LogP contribution >= 0.6 is 0 Å². The maximum atomic E-state index is 13.1. The standard InChI is InChI=1S/C33H39N5O/c1-24-35-29-9-5-6-10-30(29)38(24)28-21-26-11-12-27(22-28)37(26)20-17-32(25-7-3-2-4-8-25)15-18-36(19-16-32)31(39)33(23-34)13-14-33/h2-10,26-28H,11-22H2,1H3. The molecule has 1 amide bonds. The zero-order valence-electron chi connectivity index (χ0n) is 23.1. The Morgan fingerprint density at radius 3 is 2.28 bits per heavy atom. The van der Waals surface area contributed by atoms with Gasteiger partial charge in [0, 0.05) is 31.2 Å². The SMILES string of the molecule is Cc1nc2ccccc2n1C1CC2CCC(C1)N2CCC1(c2ccccc2)CCN(C(=O)C2(C#N)CC2)CC1. The Kier molecular flexibility index (Phi) is 6.04. The van der Waals surface area contributed by atoms with Gasteiger partial charge in [0.15, 0.2) is 0 Å². The number of hydrogen-bond acceptors (Lipinski definition) is 4. The minimum absolute atomic E-state index is 0.0779. The average Bonchev–Trinajstić information content (AvgIpc) is 3.65. The van der Waals surface area contributed by atoms with E-state index in [-0.39, 0.29) is 11.3 Å². The monoisotopic (exact) mass is 521 g/mol. The molecule has 2 aromatic carbocycles. The second-order valence-electron chi connectivity index (χ2n) is 12.6. The number of amides is 1. The number of para-hydroxylation sites is 2. The fraction of sp³-hybridized carbons (Fsp3) is 0.545. The zero-order valence-corrected chi connectivity index (χ0v) is 23.1. The summed E-state index contributed by atoms with van der Waals surface area (Å²) in [6.45, 7) is 4.81. The minimum Gasteiger partial charge on any atom is -0.341 e. The quantitative estimate of drug-likeness (QED) is 0.413. The van der Waals surface area contributed by atoms with E-state index in [4.69, 9.17) is 4.98 Å². The highest BCUT2D eigenvalue weighted by Crippen LogP contribution is 2.49. The average molecular weight is 522 g/mol. The topological polar surface area (TPSA) is 65.2 Å². The molecule has 0 N–H and O–H groups in total. The van der Waals surface area contributed by atoms with Crippen molar-refractivity contribution in [2.75, 3.05) is 19.6 Å². The van der Waals surface area contributed by atoms with Crippen LogP contribution in [0.2, 0.25) is 0 Å². The lowest BCUT2D eigenvalue weighted by Gasteiger charge is -2.46. The van der Waals surface area contributed by atoms with E-state index in [2.05, 4.69) is 77.1 Å². The lowest BCUT2D eigenvalue weighted by atomic mass is 9.70. The van der Waals surface area contributed by atoms with Gasteiger partial charge in [0.2, 0.25) is 5.91 Å². The van der Waals surface area contributed by atoms with Crippen molar-refractivity contribution < 1.29 is 4.79 Å². The number of carbonyl (C=O) groups is 1. The van der Waals surface area contributed by atoms with Crippen LogP contribution in [0.5, 0.6) is 0 Å². The van der Waals surface area contributed by atoms with Gasteiger partial charge >= 0.3 is 0 Å². The predicted octanol–water partition coefficient (Wildman–Crippen LogP) is 5.77. The number of piperidine rings is 2. The zero-order chi connectivity index (χ0) is 26.6. The van der Waals surface area contributed by atoms with Crippen LogP contribution in [0.3, 0.4) is 0 Å². The summed E-state index contributed by atoms with van der Waals surface area (Å²) in [5.74, 6) is 1.22. The maximum Gasteiger partial charge on any atom is 0.243 e. The highest BCUT2D eigenvalue weighted by molar-refractivity contribution is 5.88. The Balaban J connectivity index is 1.07. The van der Waals surface area contributed by atoms with E-state index in [1.807, 2.05) is 4.90 Å². The summed E-state index contributed by atoms with van der Waals surface area (Å²) in [5, 5.41) is 9.56. The molecule has 1 aliphatic carbocycles. The molecule has 4 heterocycles. The number of fused-ring (bicyclic) bond motifs is 3.